The highest BCUT2D eigenvalue weighted by Gasteiger charge is 2.39. The first-order chi connectivity index (χ1) is 19.4. The predicted octanol–water partition coefficient (Wildman–Crippen LogP) is 5.38. The Hall–Kier alpha value is -2.89. The lowest BCUT2D eigenvalue weighted by atomic mass is 9.82. The van der Waals surface area contributed by atoms with Crippen LogP contribution in [0.2, 0.25) is 0 Å². The molecule has 1 fully saturated rings. The fourth-order valence-electron chi connectivity index (χ4n) is 6.24. The molecule has 2 aromatic rings. The van der Waals surface area contributed by atoms with E-state index in [4.69, 9.17) is 0 Å². The zero-order valence-electron chi connectivity index (χ0n) is 23.6. The van der Waals surface area contributed by atoms with Gasteiger partial charge < -0.3 is 15.7 Å². The van der Waals surface area contributed by atoms with Gasteiger partial charge in [-0.05, 0) is 47.1 Å². The molecule has 4 rings (SSSR count). The van der Waals surface area contributed by atoms with Crippen molar-refractivity contribution < 1.29 is 19.3 Å². The maximum Gasteiger partial charge on any atom is 0.330 e. The third kappa shape index (κ3) is 8.08. The molecule has 2 aliphatic rings. The Kier molecular flexibility index (Phi) is 11.0. The molecule has 2 amide bonds. The lowest BCUT2D eigenvalue weighted by molar-refractivity contribution is -0.128. The minimum absolute atomic E-state index is 0.00384. The fourth-order valence-corrected chi connectivity index (χ4v) is 6.98. The van der Waals surface area contributed by atoms with Gasteiger partial charge >= 0.3 is 8.46 Å². The van der Waals surface area contributed by atoms with Gasteiger partial charge in [-0.2, -0.15) is 0 Å². The van der Waals surface area contributed by atoms with Crippen LogP contribution in [0.1, 0.15) is 81.5 Å². The first-order valence-corrected chi connectivity index (χ1v) is 15.7. The van der Waals surface area contributed by atoms with Gasteiger partial charge in [-0.3, -0.25) is 14.6 Å². The molecule has 0 saturated heterocycles. The zero-order valence-corrected chi connectivity index (χ0v) is 24.6. The van der Waals surface area contributed by atoms with Crippen LogP contribution in [0.25, 0.3) is 6.08 Å². The minimum Gasteiger partial charge on any atom is -0.390 e. The number of carbonyl (C=O) groups is 2. The number of hydrogen-bond acceptors (Lipinski definition) is 5. The van der Waals surface area contributed by atoms with Gasteiger partial charge in [0.25, 0.3) is 0 Å². The monoisotopic (exact) mass is 564 g/mol. The second-order valence-corrected chi connectivity index (χ2v) is 12.7. The molecular weight excluding hydrogens is 521 g/mol. The van der Waals surface area contributed by atoms with Gasteiger partial charge in [0.1, 0.15) is 0 Å². The number of aromatic nitrogens is 1. The van der Waals surface area contributed by atoms with Crippen LogP contribution >= 0.6 is 8.46 Å². The molecule has 1 heterocycles. The first kappa shape index (κ1) is 30.1. The molecular formula is C32H43N3O4P+. The van der Waals surface area contributed by atoms with Gasteiger partial charge in [0, 0.05) is 37.2 Å². The summed E-state index contributed by atoms with van der Waals surface area (Å²) in [5, 5.41) is 16.9. The first-order valence-electron chi connectivity index (χ1n) is 14.7. The summed E-state index contributed by atoms with van der Waals surface area (Å²) in [6.45, 7) is 4.00. The summed E-state index contributed by atoms with van der Waals surface area (Å²) in [5.41, 5.74) is 2.48. The standard InChI is InChI=1S/C32H42N3O4P/c1-21(2)26(32(38)35-31-25-13-7-6-12-24(25)18-28(31)36)19-29(40-39)27(17-22-9-4-3-5-10-22)34-30(37)15-14-23-11-8-16-33-20-23/h6-8,11-16,20-22,26-29,31,36H,3-5,9-10,17-19H2,1-2H3,(H,34,37)(H,35,38)/p+1/t26-,27-,28+,29-,31-/m0/s1. The Morgan fingerprint density at radius 1 is 1.12 bits per heavy atom. The van der Waals surface area contributed by atoms with Crippen LogP contribution in [-0.2, 0) is 20.6 Å². The highest BCUT2D eigenvalue weighted by molar-refractivity contribution is 7.24. The number of fused-ring (bicyclic) bond motifs is 1. The number of aliphatic hydroxyl groups excluding tert-OH is 1. The normalized spacial score (nSPS) is 21.7. The van der Waals surface area contributed by atoms with Crippen molar-refractivity contribution in [2.45, 2.75) is 89.1 Å². The van der Waals surface area contributed by atoms with Crippen LogP contribution in [0.15, 0.2) is 54.9 Å². The van der Waals surface area contributed by atoms with E-state index in [-0.39, 0.29) is 29.4 Å². The second-order valence-electron chi connectivity index (χ2n) is 11.7. The molecule has 40 heavy (non-hydrogen) atoms. The van der Waals surface area contributed by atoms with Crippen molar-refractivity contribution in [3.05, 3.63) is 71.6 Å². The van der Waals surface area contributed by atoms with E-state index in [1.807, 2.05) is 50.2 Å². The third-order valence-electron chi connectivity index (χ3n) is 8.54. The quantitative estimate of drug-likeness (QED) is 0.237. The number of hydrogen-bond donors (Lipinski definition) is 3. The molecule has 0 bridgehead atoms. The highest BCUT2D eigenvalue weighted by atomic mass is 31.1. The Morgan fingerprint density at radius 2 is 1.90 bits per heavy atom. The molecule has 1 unspecified atom stereocenters. The third-order valence-corrected chi connectivity index (χ3v) is 9.48. The molecule has 6 atom stereocenters. The van der Waals surface area contributed by atoms with Crippen molar-refractivity contribution in [2.24, 2.45) is 17.8 Å². The molecule has 0 radical (unpaired) electrons. The maximum atomic E-state index is 13.6. The van der Waals surface area contributed by atoms with Gasteiger partial charge in [-0.1, -0.05) is 80.8 Å². The molecule has 8 heteroatoms. The minimum atomic E-state index is -0.670. The van der Waals surface area contributed by atoms with Gasteiger partial charge in [-0.15, -0.1) is 0 Å². The number of benzene rings is 1. The molecule has 7 nitrogen and oxygen atoms in total. The number of carbonyl (C=O) groups excluding carboxylic acids is 2. The average Bonchev–Trinajstić information content (AvgIpc) is 3.27. The van der Waals surface area contributed by atoms with E-state index in [0.29, 0.717) is 18.8 Å². The molecule has 3 N–H and O–H groups in total. The van der Waals surface area contributed by atoms with Crippen molar-refractivity contribution in [3.63, 3.8) is 0 Å². The lowest BCUT2D eigenvalue weighted by Crippen LogP contribution is -2.45. The molecule has 1 saturated carbocycles. The van der Waals surface area contributed by atoms with Crippen LogP contribution < -0.4 is 10.6 Å². The van der Waals surface area contributed by atoms with Crippen molar-refractivity contribution in [3.8, 4) is 0 Å². The highest BCUT2D eigenvalue weighted by Crippen LogP contribution is 2.35. The molecule has 214 valence electrons. The van der Waals surface area contributed by atoms with Crippen molar-refractivity contribution in [1.29, 1.82) is 0 Å². The van der Waals surface area contributed by atoms with Crippen LogP contribution in [0, 0.1) is 17.8 Å². The van der Waals surface area contributed by atoms with E-state index in [9.17, 15) is 19.3 Å². The lowest BCUT2D eigenvalue weighted by Gasteiger charge is -2.30. The predicted molar refractivity (Wildman–Crippen MR) is 159 cm³/mol. The molecule has 1 aromatic carbocycles. The van der Waals surface area contributed by atoms with Crippen LogP contribution in [0.4, 0.5) is 0 Å². The molecule has 1 aromatic heterocycles. The summed E-state index contributed by atoms with van der Waals surface area (Å²) in [7, 11) is -0.651. The van der Waals surface area contributed by atoms with Crippen LogP contribution in [-0.4, -0.2) is 39.7 Å². The number of nitrogens with zero attached hydrogens (tertiary/aromatic N) is 1. The number of amides is 2. The van der Waals surface area contributed by atoms with Crippen LogP contribution in [0.5, 0.6) is 0 Å². The summed E-state index contributed by atoms with van der Waals surface area (Å²) in [4.78, 5) is 30.7. The zero-order chi connectivity index (χ0) is 28.5. The van der Waals surface area contributed by atoms with Crippen molar-refractivity contribution >= 4 is 26.4 Å². The van der Waals surface area contributed by atoms with Crippen LogP contribution in [0.3, 0.4) is 0 Å². The van der Waals surface area contributed by atoms with Gasteiger partial charge in [-0.25, -0.2) is 0 Å². The number of aliphatic hydroxyl groups is 1. The van der Waals surface area contributed by atoms with Gasteiger partial charge in [0.15, 0.2) is 5.66 Å². The SMILES string of the molecule is CC(C)[C@H](C[C@H]([PH+]=O)[C@H](CC1CCCCC1)NC(=O)C=Cc1cccnc1)C(=O)N[C@H]1c2ccccc2C[C@H]1O. The van der Waals surface area contributed by atoms with E-state index >= 15 is 0 Å². The van der Waals surface area contributed by atoms with Crippen molar-refractivity contribution in [2.75, 3.05) is 0 Å². The number of rotatable bonds is 12. The molecule has 0 aliphatic heterocycles. The molecule has 0 spiro atoms. The largest absolute Gasteiger partial charge is 0.390 e. The summed E-state index contributed by atoms with van der Waals surface area (Å²) < 4.78 is 12.7. The van der Waals surface area contributed by atoms with Gasteiger partial charge in [0.05, 0.1) is 18.2 Å². The van der Waals surface area contributed by atoms with Crippen molar-refractivity contribution in [1.82, 2.24) is 15.6 Å². The van der Waals surface area contributed by atoms with E-state index in [1.54, 1.807) is 18.5 Å². The van der Waals surface area contributed by atoms with Gasteiger partial charge in [0.2, 0.25) is 11.8 Å². The topological polar surface area (TPSA) is 108 Å². The number of pyridine rings is 1. The summed E-state index contributed by atoms with van der Waals surface area (Å²) in [6, 6.07) is 10.8. The maximum absolute atomic E-state index is 13.6. The summed E-state index contributed by atoms with van der Waals surface area (Å²) in [5.74, 6) is -0.300. The van der Waals surface area contributed by atoms with E-state index in [1.165, 1.54) is 25.3 Å². The Labute approximate surface area is 239 Å². The summed E-state index contributed by atoms with van der Waals surface area (Å²) >= 11 is 0. The Balaban J connectivity index is 1.48. The average molecular weight is 565 g/mol. The van der Waals surface area contributed by atoms with E-state index in [0.717, 1.165) is 36.0 Å². The second kappa shape index (κ2) is 14.7. The Morgan fingerprint density at radius 3 is 2.60 bits per heavy atom. The Bertz CT molecular complexity index is 1170. The smallest absolute Gasteiger partial charge is 0.330 e. The molecule has 2 aliphatic carbocycles. The number of nitrogens with one attached hydrogen (secondary N) is 2. The fraction of sp³-hybridized carbons (Fsp3) is 0.531. The van der Waals surface area contributed by atoms with E-state index < -0.39 is 26.5 Å². The van der Waals surface area contributed by atoms with E-state index in [2.05, 4.69) is 15.6 Å². The summed E-state index contributed by atoms with van der Waals surface area (Å²) in [6.07, 6.45) is 13.4.